The van der Waals surface area contributed by atoms with Gasteiger partial charge in [0.25, 0.3) is 0 Å². The average molecular weight is 286 g/mol. The highest BCUT2D eigenvalue weighted by Crippen LogP contribution is 2.40. The van der Waals surface area contributed by atoms with Crippen molar-refractivity contribution in [3.05, 3.63) is 23.8 Å². The van der Waals surface area contributed by atoms with Gasteiger partial charge in [0.05, 0.1) is 12.7 Å². The molecule has 2 unspecified atom stereocenters. The van der Waals surface area contributed by atoms with Crippen molar-refractivity contribution in [2.75, 3.05) is 6.61 Å². The molecule has 0 aromatic heterocycles. The Kier molecular flexibility index (Phi) is 5.15. The lowest BCUT2D eigenvalue weighted by atomic mass is 9.87. The van der Waals surface area contributed by atoms with E-state index in [0.29, 0.717) is 18.4 Å². The standard InChI is InChI=1S/C15H27FO2Si/c1-11-12(7-8-17)9-13(10-14(11)16)18-19(5,6)15(2,3)4/h7,13-14,17H,1,8-10H2,2-6H3/b12-7+. The monoisotopic (exact) mass is 286 g/mol. The van der Waals surface area contributed by atoms with Gasteiger partial charge >= 0.3 is 0 Å². The Morgan fingerprint density at radius 2 is 2.05 bits per heavy atom. The molecule has 0 amide bonds. The maximum Gasteiger partial charge on any atom is 0.192 e. The summed E-state index contributed by atoms with van der Waals surface area (Å²) in [4.78, 5) is 0. The van der Waals surface area contributed by atoms with Gasteiger partial charge in [-0.05, 0) is 35.7 Å². The zero-order valence-corrected chi connectivity index (χ0v) is 13.8. The zero-order valence-electron chi connectivity index (χ0n) is 12.8. The number of allylic oxidation sites excluding steroid dienone is 1. The van der Waals surface area contributed by atoms with Crippen LogP contribution in [-0.4, -0.2) is 32.3 Å². The number of aliphatic hydroxyl groups is 1. The predicted molar refractivity (Wildman–Crippen MR) is 80.5 cm³/mol. The summed E-state index contributed by atoms with van der Waals surface area (Å²) < 4.78 is 20.3. The van der Waals surface area contributed by atoms with Crippen LogP contribution in [0.3, 0.4) is 0 Å². The van der Waals surface area contributed by atoms with E-state index in [2.05, 4.69) is 40.4 Å². The Morgan fingerprint density at radius 1 is 1.47 bits per heavy atom. The third-order valence-corrected chi connectivity index (χ3v) is 8.85. The lowest BCUT2D eigenvalue weighted by molar-refractivity contribution is 0.131. The van der Waals surface area contributed by atoms with Gasteiger partial charge in [0.1, 0.15) is 6.17 Å². The molecule has 1 fully saturated rings. The van der Waals surface area contributed by atoms with Crippen LogP contribution >= 0.6 is 0 Å². The Bertz CT molecular complexity index is 369. The Labute approximate surface area is 117 Å². The minimum atomic E-state index is -1.88. The van der Waals surface area contributed by atoms with E-state index in [1.54, 1.807) is 6.08 Å². The number of rotatable bonds is 3. The molecule has 1 aliphatic carbocycles. The molecule has 1 saturated carbocycles. The molecule has 19 heavy (non-hydrogen) atoms. The van der Waals surface area contributed by atoms with E-state index in [0.717, 1.165) is 5.57 Å². The van der Waals surface area contributed by atoms with Crippen molar-refractivity contribution >= 4 is 8.32 Å². The van der Waals surface area contributed by atoms with Gasteiger partial charge in [-0.15, -0.1) is 0 Å². The second-order valence-corrected chi connectivity index (χ2v) is 11.6. The summed E-state index contributed by atoms with van der Waals surface area (Å²) in [6, 6.07) is 0. The van der Waals surface area contributed by atoms with Gasteiger partial charge in [-0.1, -0.05) is 33.4 Å². The molecule has 0 aromatic carbocycles. The number of halogens is 1. The van der Waals surface area contributed by atoms with Crippen molar-refractivity contribution in [2.45, 2.75) is 64.0 Å². The Balaban J connectivity index is 2.81. The van der Waals surface area contributed by atoms with Crippen molar-refractivity contribution in [3.63, 3.8) is 0 Å². The first-order valence-corrected chi connectivity index (χ1v) is 9.80. The molecule has 110 valence electrons. The smallest absolute Gasteiger partial charge is 0.192 e. The van der Waals surface area contributed by atoms with Crippen LogP contribution in [0.4, 0.5) is 4.39 Å². The van der Waals surface area contributed by atoms with Gasteiger partial charge in [0.15, 0.2) is 8.32 Å². The zero-order chi connectivity index (χ0) is 14.8. The molecule has 1 rings (SSSR count). The summed E-state index contributed by atoms with van der Waals surface area (Å²) in [5.41, 5.74) is 1.31. The summed E-state index contributed by atoms with van der Waals surface area (Å²) in [5.74, 6) is 0. The average Bonchev–Trinajstić information content (AvgIpc) is 2.23. The predicted octanol–water partition coefficient (Wildman–Crippen LogP) is 3.98. The first-order valence-electron chi connectivity index (χ1n) is 6.89. The van der Waals surface area contributed by atoms with E-state index < -0.39 is 14.5 Å². The fraction of sp³-hybridized carbons (Fsp3) is 0.733. The van der Waals surface area contributed by atoms with Crippen molar-refractivity contribution in [1.29, 1.82) is 0 Å². The second kappa shape index (κ2) is 5.90. The van der Waals surface area contributed by atoms with Gasteiger partial charge < -0.3 is 9.53 Å². The molecular weight excluding hydrogens is 259 g/mol. The van der Waals surface area contributed by atoms with Crippen molar-refractivity contribution in [2.24, 2.45) is 0 Å². The van der Waals surface area contributed by atoms with Crippen LogP contribution in [0.25, 0.3) is 0 Å². The quantitative estimate of drug-likeness (QED) is 0.795. The summed E-state index contributed by atoms with van der Waals surface area (Å²) in [6.45, 7) is 14.6. The molecule has 1 aliphatic rings. The van der Waals surface area contributed by atoms with Crippen LogP contribution in [0.15, 0.2) is 23.8 Å². The number of hydrogen-bond donors (Lipinski definition) is 1. The summed E-state index contributed by atoms with van der Waals surface area (Å²) in [7, 11) is -1.88. The highest BCUT2D eigenvalue weighted by Gasteiger charge is 2.41. The number of aliphatic hydroxyl groups excluding tert-OH is 1. The highest BCUT2D eigenvalue weighted by molar-refractivity contribution is 6.74. The Morgan fingerprint density at radius 3 is 2.53 bits per heavy atom. The number of hydrogen-bond acceptors (Lipinski definition) is 2. The van der Waals surface area contributed by atoms with Crippen LogP contribution in [0.2, 0.25) is 18.1 Å². The van der Waals surface area contributed by atoms with Crippen molar-refractivity contribution in [3.8, 4) is 0 Å². The number of alkyl halides is 1. The largest absolute Gasteiger partial charge is 0.413 e. The van der Waals surface area contributed by atoms with Crippen LogP contribution in [-0.2, 0) is 4.43 Å². The fourth-order valence-electron chi connectivity index (χ4n) is 2.04. The maximum atomic E-state index is 14.0. The lowest BCUT2D eigenvalue weighted by Gasteiger charge is -2.41. The van der Waals surface area contributed by atoms with Gasteiger partial charge in [-0.25, -0.2) is 4.39 Å². The SMILES string of the molecule is C=C1/C(=C/CO)CC(O[Si](C)(C)C(C)(C)C)CC1F. The first kappa shape index (κ1) is 16.6. The summed E-state index contributed by atoms with van der Waals surface area (Å²) in [5, 5.41) is 9.12. The molecule has 0 heterocycles. The minimum absolute atomic E-state index is 0.0755. The van der Waals surface area contributed by atoms with E-state index in [-0.39, 0.29) is 17.7 Å². The van der Waals surface area contributed by atoms with Crippen molar-refractivity contribution in [1.82, 2.24) is 0 Å². The molecule has 1 N–H and O–H groups in total. The lowest BCUT2D eigenvalue weighted by Crippen LogP contribution is -2.45. The summed E-state index contributed by atoms with van der Waals surface area (Å²) >= 11 is 0. The van der Waals surface area contributed by atoms with Crippen LogP contribution in [0.1, 0.15) is 33.6 Å². The van der Waals surface area contributed by atoms with Gasteiger partial charge in [0.2, 0.25) is 0 Å². The Hall–Kier alpha value is -0.453. The molecule has 0 aromatic rings. The molecule has 0 bridgehead atoms. The van der Waals surface area contributed by atoms with Gasteiger partial charge in [-0.3, -0.25) is 0 Å². The van der Waals surface area contributed by atoms with E-state index in [1.807, 2.05) is 0 Å². The fourth-order valence-corrected chi connectivity index (χ4v) is 3.41. The van der Waals surface area contributed by atoms with E-state index in [9.17, 15) is 4.39 Å². The third-order valence-electron chi connectivity index (χ3n) is 4.31. The molecule has 0 aliphatic heterocycles. The first-order chi connectivity index (χ1) is 8.58. The summed E-state index contributed by atoms with van der Waals surface area (Å²) in [6.07, 6.45) is 1.54. The molecule has 0 radical (unpaired) electrons. The topological polar surface area (TPSA) is 29.5 Å². The van der Waals surface area contributed by atoms with Crippen LogP contribution in [0.5, 0.6) is 0 Å². The van der Waals surface area contributed by atoms with Gasteiger partial charge in [-0.2, -0.15) is 0 Å². The van der Waals surface area contributed by atoms with Gasteiger partial charge in [0, 0.05) is 6.42 Å². The normalized spacial score (nSPS) is 27.9. The third kappa shape index (κ3) is 4.00. The molecule has 2 atom stereocenters. The van der Waals surface area contributed by atoms with E-state index in [4.69, 9.17) is 9.53 Å². The van der Waals surface area contributed by atoms with Crippen LogP contribution in [0, 0.1) is 0 Å². The van der Waals surface area contributed by atoms with Crippen LogP contribution < -0.4 is 0 Å². The minimum Gasteiger partial charge on any atom is -0.413 e. The molecule has 0 spiro atoms. The van der Waals surface area contributed by atoms with E-state index in [1.165, 1.54) is 0 Å². The molecular formula is C15H27FO2Si. The van der Waals surface area contributed by atoms with E-state index >= 15 is 0 Å². The molecule has 4 heteroatoms. The maximum absolute atomic E-state index is 14.0. The van der Waals surface area contributed by atoms with Crippen molar-refractivity contribution < 1.29 is 13.9 Å². The highest BCUT2D eigenvalue weighted by atomic mass is 28.4. The molecule has 0 saturated heterocycles. The second-order valence-electron chi connectivity index (χ2n) is 6.84. The molecule has 2 nitrogen and oxygen atoms in total.